The van der Waals surface area contributed by atoms with Crippen molar-refractivity contribution in [3.8, 4) is 0 Å². The predicted molar refractivity (Wildman–Crippen MR) is 193 cm³/mol. The van der Waals surface area contributed by atoms with Crippen molar-refractivity contribution in [3.05, 3.63) is 36.8 Å². The van der Waals surface area contributed by atoms with Crippen molar-refractivity contribution in [3.63, 3.8) is 0 Å². The van der Waals surface area contributed by atoms with E-state index in [1.54, 1.807) is 0 Å². The molecule has 0 radical (unpaired) electrons. The molecule has 0 aromatic heterocycles. The summed E-state index contributed by atoms with van der Waals surface area (Å²) in [4.78, 5) is 6.52. The monoisotopic (exact) mass is 602 g/mol. The van der Waals surface area contributed by atoms with Gasteiger partial charge in [-0.1, -0.05) is 114 Å². The van der Waals surface area contributed by atoms with E-state index in [9.17, 15) is 0 Å². The maximum Gasteiger partial charge on any atom is 0.452 e. The molecule has 0 spiro atoms. The molecule has 7 nitrogen and oxygen atoms in total. The van der Waals surface area contributed by atoms with E-state index < -0.39 is 14.2 Å². The van der Waals surface area contributed by atoms with Crippen LogP contribution < -0.4 is 0 Å². The number of hydrogen-bond donors (Lipinski definition) is 4. The number of hydrogen-bond acceptors (Lipinski definition) is 7. The van der Waals surface area contributed by atoms with Gasteiger partial charge in [0.15, 0.2) is 0 Å². The summed E-state index contributed by atoms with van der Waals surface area (Å²) in [5.41, 5.74) is 0. The quantitative estimate of drug-likeness (QED) is 0.243. The zero-order valence-corrected chi connectivity index (χ0v) is 31.1. The SMILES string of the molecule is CB(O)O.CC.CC.CC.CC.CCC.CCC1C=CN(C)C1.CCCC1C=CN(C)C1.CN1C=CC(CB(O)O)C1. The van der Waals surface area contributed by atoms with Crippen molar-refractivity contribution in [2.75, 3.05) is 40.8 Å². The van der Waals surface area contributed by atoms with Gasteiger partial charge in [-0.3, -0.25) is 0 Å². The second-order valence-electron chi connectivity index (χ2n) is 9.38. The molecular formula is C33H77B2N3O4. The molecule has 0 saturated heterocycles. The van der Waals surface area contributed by atoms with Crippen LogP contribution in [0.5, 0.6) is 0 Å². The lowest BCUT2D eigenvalue weighted by Crippen LogP contribution is -2.19. The maximum atomic E-state index is 8.60. The van der Waals surface area contributed by atoms with Crippen LogP contribution in [0.4, 0.5) is 0 Å². The molecule has 0 bridgehead atoms. The van der Waals surface area contributed by atoms with Crippen LogP contribution >= 0.6 is 0 Å². The average molecular weight is 602 g/mol. The van der Waals surface area contributed by atoms with Crippen molar-refractivity contribution in [2.45, 2.75) is 122 Å². The van der Waals surface area contributed by atoms with Crippen LogP contribution in [0.3, 0.4) is 0 Å². The first-order valence-corrected chi connectivity index (χ1v) is 16.9. The van der Waals surface area contributed by atoms with Crippen LogP contribution in [0.15, 0.2) is 36.8 Å². The summed E-state index contributed by atoms with van der Waals surface area (Å²) in [6.45, 7) is 29.3. The van der Waals surface area contributed by atoms with Gasteiger partial charge >= 0.3 is 14.2 Å². The molecule has 4 N–H and O–H groups in total. The van der Waals surface area contributed by atoms with Gasteiger partial charge in [-0.25, -0.2) is 0 Å². The van der Waals surface area contributed by atoms with E-state index in [1.165, 1.54) is 45.6 Å². The summed E-state index contributed by atoms with van der Waals surface area (Å²) in [5, 5.41) is 32.4. The molecule has 0 saturated carbocycles. The zero-order chi connectivity index (χ0) is 34.5. The summed E-state index contributed by atoms with van der Waals surface area (Å²) >= 11 is 0. The Labute approximate surface area is 266 Å². The van der Waals surface area contributed by atoms with Crippen LogP contribution in [-0.2, 0) is 0 Å². The van der Waals surface area contributed by atoms with Gasteiger partial charge in [0.1, 0.15) is 0 Å². The molecule has 3 atom stereocenters. The minimum atomic E-state index is -1.17. The third kappa shape index (κ3) is 45.6. The zero-order valence-electron chi connectivity index (χ0n) is 31.1. The first-order chi connectivity index (χ1) is 20.0. The molecule has 0 fully saturated rings. The normalized spacial score (nSPS) is 18.0. The minimum absolute atomic E-state index is 0.310. The van der Waals surface area contributed by atoms with E-state index in [1.807, 2.05) is 79.6 Å². The number of rotatable bonds is 5. The van der Waals surface area contributed by atoms with E-state index in [4.69, 9.17) is 20.1 Å². The van der Waals surface area contributed by atoms with Gasteiger partial charge in [0.05, 0.1) is 0 Å². The minimum Gasteiger partial charge on any atom is -0.427 e. The van der Waals surface area contributed by atoms with Crippen molar-refractivity contribution >= 4 is 14.2 Å². The van der Waals surface area contributed by atoms with E-state index in [0.717, 1.165) is 18.4 Å². The second-order valence-corrected chi connectivity index (χ2v) is 9.38. The Kier molecular flexibility index (Phi) is 55.8. The Hall–Kier alpha value is -1.41. The molecule has 3 aliphatic heterocycles. The first kappa shape index (κ1) is 53.2. The highest BCUT2D eigenvalue weighted by Gasteiger charge is 2.18. The summed E-state index contributed by atoms with van der Waals surface area (Å²) in [6, 6.07) is 0. The molecular weight excluding hydrogens is 524 g/mol. The fourth-order valence-electron chi connectivity index (χ4n) is 3.53. The van der Waals surface area contributed by atoms with Crippen molar-refractivity contribution in [2.24, 2.45) is 17.8 Å². The summed E-state index contributed by atoms with van der Waals surface area (Å²) < 4.78 is 0. The Morgan fingerprint density at radius 3 is 1.07 bits per heavy atom. The molecule has 254 valence electrons. The Bertz CT molecular complexity index is 549. The first-order valence-electron chi connectivity index (χ1n) is 16.9. The van der Waals surface area contributed by atoms with Gasteiger partial charge in [-0.05, 0) is 62.3 Å². The predicted octanol–water partition coefficient (Wildman–Crippen LogP) is 7.48. The highest BCUT2D eigenvalue weighted by Crippen LogP contribution is 2.16. The lowest BCUT2D eigenvalue weighted by Gasteiger charge is -2.10. The van der Waals surface area contributed by atoms with Gasteiger partial charge in [0.2, 0.25) is 0 Å². The van der Waals surface area contributed by atoms with E-state index in [-0.39, 0.29) is 0 Å². The van der Waals surface area contributed by atoms with Crippen molar-refractivity contribution < 1.29 is 20.1 Å². The van der Waals surface area contributed by atoms with E-state index in [0.29, 0.717) is 12.2 Å². The van der Waals surface area contributed by atoms with Gasteiger partial charge < -0.3 is 34.8 Å². The van der Waals surface area contributed by atoms with Crippen molar-refractivity contribution in [1.29, 1.82) is 0 Å². The van der Waals surface area contributed by atoms with Crippen LogP contribution in [0.1, 0.15) is 109 Å². The largest absolute Gasteiger partial charge is 0.452 e. The summed E-state index contributed by atoms with van der Waals surface area (Å²) in [7, 11) is 3.89. The van der Waals surface area contributed by atoms with Crippen LogP contribution in [0.2, 0.25) is 13.1 Å². The molecule has 3 aliphatic rings. The van der Waals surface area contributed by atoms with Gasteiger partial charge in [-0.2, -0.15) is 0 Å². The molecule has 9 heteroatoms. The molecule has 42 heavy (non-hydrogen) atoms. The topological polar surface area (TPSA) is 90.6 Å². The van der Waals surface area contributed by atoms with Crippen LogP contribution in [0, 0.1) is 17.8 Å². The fourth-order valence-corrected chi connectivity index (χ4v) is 3.53. The van der Waals surface area contributed by atoms with Crippen molar-refractivity contribution in [1.82, 2.24) is 14.7 Å². The summed E-state index contributed by atoms with van der Waals surface area (Å²) in [5.74, 6) is 1.96. The van der Waals surface area contributed by atoms with E-state index >= 15 is 0 Å². The number of nitrogens with zero attached hydrogens (tertiary/aromatic N) is 3. The molecule has 0 aromatic carbocycles. The van der Waals surface area contributed by atoms with Gasteiger partial charge in [0.25, 0.3) is 0 Å². The van der Waals surface area contributed by atoms with E-state index in [2.05, 4.69) is 76.1 Å². The smallest absolute Gasteiger partial charge is 0.427 e. The van der Waals surface area contributed by atoms with Crippen LogP contribution in [-0.4, -0.2) is 89.8 Å². The Morgan fingerprint density at radius 1 is 0.595 bits per heavy atom. The lowest BCUT2D eigenvalue weighted by molar-refractivity contribution is 0.382. The fraction of sp³-hybridized carbons (Fsp3) is 0.818. The third-order valence-corrected chi connectivity index (χ3v) is 5.10. The Balaban J connectivity index is -0.0000000946. The van der Waals surface area contributed by atoms with Crippen LogP contribution in [0.25, 0.3) is 0 Å². The standard InChI is InChI=1S/C8H15N.C7H13N.C6H12BNO2.C3H8.4C2H6.CH5BO2/c1-3-4-8-5-6-9(2)7-8;1-3-7-4-5-8(2)6-7;1-8-3-2-6(5-8)4-7(9)10;1-3-2;4*1-2;1-2(3)4/h5-6,8H,3-4,7H2,1-2H3;4-5,7H,3,6H2,1-2H3;2-3,6,9-10H,4-5H2,1H3;3H2,1-2H3;4*1-2H3;3-4H,1H3. The molecule has 3 unspecified atom stereocenters. The molecule has 0 aliphatic carbocycles. The summed E-state index contributed by atoms with van der Waals surface area (Å²) in [6.07, 6.45) is 18.5. The third-order valence-electron chi connectivity index (χ3n) is 5.10. The van der Waals surface area contributed by atoms with Gasteiger partial charge in [0, 0.05) is 40.8 Å². The highest BCUT2D eigenvalue weighted by molar-refractivity contribution is 6.41. The lowest BCUT2D eigenvalue weighted by atomic mass is 9.79. The second kappa shape index (κ2) is 44.0. The highest BCUT2D eigenvalue weighted by atomic mass is 16.4. The Morgan fingerprint density at radius 2 is 0.881 bits per heavy atom. The molecule has 3 heterocycles. The molecule has 0 aromatic rings. The maximum absolute atomic E-state index is 8.60. The van der Waals surface area contributed by atoms with Gasteiger partial charge in [-0.15, -0.1) is 0 Å². The average Bonchev–Trinajstić information content (AvgIpc) is 3.71. The molecule has 3 rings (SSSR count). The molecule has 0 amide bonds.